The molecule has 0 bridgehead atoms. The first-order chi connectivity index (χ1) is 63.5. The third kappa shape index (κ3) is 66.5. The van der Waals surface area contributed by atoms with Gasteiger partial charge in [0.1, 0.15) is 5.78 Å². The van der Waals surface area contributed by atoms with Gasteiger partial charge in [0.2, 0.25) is 0 Å². The van der Waals surface area contributed by atoms with Crippen LogP contribution in [0, 0.1) is 20.8 Å². The monoisotopic (exact) mass is 3660 g/mol. The number of ketones is 5. The van der Waals surface area contributed by atoms with E-state index in [1.54, 1.807) is 24.6 Å². The van der Waals surface area contributed by atoms with Crippen molar-refractivity contribution < 1.29 is 211 Å². The molecular weight excluding hydrogens is 3510 g/mol. The van der Waals surface area contributed by atoms with E-state index in [-0.39, 0.29) is 184 Å². The predicted octanol–water partition coefficient (Wildman–Crippen LogP) is 20.1. The molecule has 30 nitrogen and oxygen atoms in total. The SMILES string of the molecule is C.C.C.C.C1=CC2(CCC1)OCCO2.C1COC2(CCC3OC3C2)O1.CN(C)C1CC2(CCC1O)OCCO2.CN(C)C1CCC(=O)CC1=O.CN(C)C1CCC2(CC1=O)OCCO2.CN(C)C1CCC2(CC1O)OCCO2.CN(C)C1CCC2(CC1O)OCCO2.Cc1ccc(S(=O)(=O)O)cc1.O=C1C=C(O)CC[CH-]1.O=C1C=CCCC1.[2H][V]([I])[I].[2H][V]([I])[I].[B].[CH3-].[F][V]([I])[I].[I][V][I].[I][V][I].[I][V][I].[Y]. The Morgan fingerprint density at radius 2 is 0.871 bits per heavy atom. The largest absolute Gasteiger partial charge is 0 e. The standard InChI is InChI=1S/3C10H19NO3.C10H17NO3.C8H13NO2.C8H12O3.C8H12O2.C7H8O3S.C6H7O2.C6H8O.4CH4.CH3.B.FH.12HI.6V.Y.2H/c1-11(2)8-7-10(4-3-9(8)12)13-5-6-14-10;3*1-11(2)8-3-4-10(7-9(8)12)13-5-6-14-10;1-9(2)7-4-3-6(10)5-8(7)11;1-2-8(9-3-4-10-8)5-7-6(1)11-7;1-2-4-8(5-3-1)9-6-7-10-8;1-6-2-4-7(5-3-6)11(8,9)10;7-5-2-1-3-6(8)4-5;7-6-4-2-1-3-5-6;;;;;;;;;;;;;;;;;;;;;;;;;;;;/h3*8-9,12H,3-7H2,1-2H3;8H,3-7H2,1-2H3;7H,3-5H2,1-2H3;6-7H,1-5H2;2,4H,1,3,5-7H2;2-5H,1H3,(H,8,9,10);2,4,8H,1,3H2;2,4H,1,3,5H2;4*1H4;1H3;;13*1H;;;;;;;;;/q;;;;;;;;-1;;;;;;-1;;;;;;;;;;;;;;;5*+2;+3;;;/p-13/i;;;;;;;;;;;;;;;;;;;;;;;;;;;;;;;;;;;;2*1+1. The van der Waals surface area contributed by atoms with Crippen molar-refractivity contribution in [3.8, 4) is 0 Å². The molecule has 1 aromatic carbocycles. The average molecular weight is 3660 g/mol. The van der Waals surface area contributed by atoms with Gasteiger partial charge in [0.25, 0.3) is 10.1 Å². The van der Waals surface area contributed by atoms with Crippen LogP contribution < -0.4 is 0 Å². The number of fused-ring (bicyclic) bond motifs is 1. The van der Waals surface area contributed by atoms with E-state index >= 15 is 0 Å². The zero-order chi connectivity index (χ0) is 102. The van der Waals surface area contributed by atoms with Gasteiger partial charge in [0, 0.05) is 148 Å². The number of aryl methyl sites for hydroxylation is 1. The molecule has 1 aromatic rings. The molecule has 7 heterocycles. The number of carbonyl (C=O) groups is 5. The molecule has 4 radical (unpaired) electrons. The summed E-state index contributed by atoms with van der Waals surface area (Å²) in [5.74, 6) is -1.62. The van der Waals surface area contributed by atoms with Crippen molar-refractivity contribution in [2.75, 3.05) is 150 Å². The number of carbonyl (C=O) groups excluding carboxylic acids is 5. The molecule has 6 spiro atoms. The number of nitrogens with zero attached hydrogens (tertiary/aromatic N) is 5. The van der Waals surface area contributed by atoms with Gasteiger partial charge in [0.15, 0.2) is 52.1 Å². The molecule has 52 heteroatoms. The number of Topliss-reactive ketones (excluding diaryl/α,β-unsaturated/α-hetero) is 3. The number of aliphatic hydroxyl groups excluding tert-OH is 4. The first-order valence-corrected chi connectivity index (χ1v) is 99.3. The van der Waals surface area contributed by atoms with Gasteiger partial charge >= 0.3 is 301 Å². The molecule has 10 atom stereocenters. The molecule has 16 aliphatic rings. The van der Waals surface area contributed by atoms with E-state index in [4.69, 9.17) is 73.0 Å². The van der Waals surface area contributed by atoms with Gasteiger partial charge in [-0.3, -0.25) is 33.5 Å². The van der Waals surface area contributed by atoms with Crippen molar-refractivity contribution in [1.82, 2.24) is 24.5 Å². The Morgan fingerprint density at radius 1 is 0.500 bits per heavy atom. The third-order valence-corrected chi connectivity index (χ3v) is 24.1. The van der Waals surface area contributed by atoms with Crippen molar-refractivity contribution in [2.24, 2.45) is 0 Å². The van der Waals surface area contributed by atoms with Gasteiger partial charge in [-0.1, -0.05) is 66.0 Å². The summed E-state index contributed by atoms with van der Waals surface area (Å²) in [5.41, 5.74) is 0.956. The fraction of sp³-hybridized carbons (Fsp3) is 0.784. The molecule has 0 aromatic heterocycles. The summed E-state index contributed by atoms with van der Waals surface area (Å²) in [4.78, 5) is 64.5. The van der Waals surface area contributed by atoms with Crippen LogP contribution in [0.1, 0.15) is 202 Å². The van der Waals surface area contributed by atoms with Crippen LogP contribution in [0.5, 0.6) is 0 Å². The minimum atomic E-state index is -4.02. The maximum atomic E-state index is 11.8. The van der Waals surface area contributed by atoms with E-state index in [0.717, 1.165) is 135 Å². The summed E-state index contributed by atoms with van der Waals surface area (Å²) >= 11 is 26.4. The van der Waals surface area contributed by atoms with Crippen LogP contribution in [-0.4, -0.2) is 342 Å². The smallest absolute Gasteiger partial charge is 0 e. The minimum absolute atomic E-state index is 0. The number of benzene rings is 1. The molecule has 17 rings (SSSR count). The van der Waals surface area contributed by atoms with E-state index in [1.807, 2.05) is 133 Å². The van der Waals surface area contributed by atoms with Crippen LogP contribution in [0.2, 0.25) is 0 Å². The van der Waals surface area contributed by atoms with Gasteiger partial charge in [-0.15, -0.1) is 6.08 Å². The number of epoxide rings is 1. The molecule has 13 fully saturated rings. The van der Waals surface area contributed by atoms with Crippen molar-refractivity contribution in [2.45, 2.75) is 304 Å². The van der Waals surface area contributed by atoms with Crippen LogP contribution in [0.15, 0.2) is 65.3 Å². The summed E-state index contributed by atoms with van der Waals surface area (Å²) in [6, 6.07) is 6.66. The zero-order valence-electron chi connectivity index (χ0n) is 81.2. The van der Waals surface area contributed by atoms with Crippen LogP contribution in [0.25, 0.3) is 0 Å². The number of hydrogen-bond donors (Lipinski definition) is 5. The summed E-state index contributed by atoms with van der Waals surface area (Å²) in [6.07, 6.45) is 32.1. The molecule has 9 aliphatic carbocycles. The number of likely N-dealkylation sites (N-methyl/N-ethyl adjacent to an activating group) is 5. The molecule has 817 valence electrons. The van der Waals surface area contributed by atoms with Crippen LogP contribution in [0.3, 0.4) is 0 Å². The number of aliphatic hydroxyl groups is 4. The van der Waals surface area contributed by atoms with E-state index in [1.165, 1.54) is 31.1 Å². The fourth-order valence-corrected chi connectivity index (χ4v) is 17.3. The number of ether oxygens (including phenoxy) is 13. The van der Waals surface area contributed by atoms with Crippen LogP contribution in [-0.2, 0) is 184 Å². The Labute approximate surface area is 1040 Å². The fourth-order valence-electron chi connectivity index (χ4n) is 16.8. The molecule has 7 saturated heterocycles. The first kappa shape index (κ1) is 155. The maximum Gasteiger partial charge on any atom is 0 e. The maximum absolute atomic E-state index is 11.8. The average Bonchev–Trinajstić information content (AvgIpc) is 1.61. The molecule has 140 heavy (non-hydrogen) atoms. The topological polar surface area (TPSA) is 360 Å². The Kier molecular flexibility index (Phi) is 99.1. The van der Waals surface area contributed by atoms with E-state index in [2.05, 4.69) is 227 Å². The Balaban J connectivity index is -0.000000353. The predicted molar refractivity (Wildman–Crippen MR) is 632 cm³/mol. The van der Waals surface area contributed by atoms with Gasteiger partial charge in [-0.2, -0.15) is 14.8 Å². The summed E-state index contributed by atoms with van der Waals surface area (Å²) < 4.78 is 126. The number of hydrogen-bond acceptors (Lipinski definition) is 29. The van der Waals surface area contributed by atoms with Crippen LogP contribution >= 0.6 is 240 Å². The Hall–Kier alpha value is 8.90. The van der Waals surface area contributed by atoms with Crippen molar-refractivity contribution >= 4 is 287 Å². The number of halogens is 13. The van der Waals surface area contributed by atoms with E-state index < -0.39 is 60.7 Å². The normalized spacial score (nSPS) is 26.1. The number of rotatable bonds is 6. The molecule has 0 amide bonds. The quantitative estimate of drug-likeness (QED) is 0.0336. The third-order valence-electron chi connectivity index (χ3n) is 23.2. The second-order valence-corrected chi connectivity index (χ2v) is 109. The first-order valence-electron chi connectivity index (χ1n) is 44.1. The summed E-state index contributed by atoms with van der Waals surface area (Å²) in [7, 11) is 13.7. The summed E-state index contributed by atoms with van der Waals surface area (Å²) in [6.45, 7) is 10.2. The Morgan fingerprint density at radius 3 is 1.19 bits per heavy atom. The minimum Gasteiger partial charge on any atom is 0 e. The van der Waals surface area contributed by atoms with Gasteiger partial charge in [-0.25, -0.2) is 0 Å². The molecule has 10 unspecified atom stereocenters. The van der Waals surface area contributed by atoms with E-state index in [0.29, 0.717) is 138 Å². The van der Waals surface area contributed by atoms with Crippen molar-refractivity contribution in [1.29, 1.82) is 1.76 Å². The van der Waals surface area contributed by atoms with Gasteiger partial charge < -0.3 is 109 Å². The molecule has 6 saturated carbocycles. The van der Waals surface area contributed by atoms with Gasteiger partial charge in [0.05, 0.1) is 140 Å². The second-order valence-electron chi connectivity index (χ2n) is 33.5. The molecule has 7 aliphatic heterocycles. The zero-order valence-corrected chi connectivity index (χ0v) is 117. The van der Waals surface area contributed by atoms with E-state index in [9.17, 15) is 51.1 Å². The van der Waals surface area contributed by atoms with Crippen molar-refractivity contribution in [3.63, 3.8) is 0 Å². The number of allylic oxidation sites excluding steroid dienone is 5. The second kappa shape index (κ2) is 89.4. The Bertz CT molecular complexity index is 3630. The molecular formula is C88H155BFI12N5O25SV6Y-2. The van der Waals surface area contributed by atoms with Gasteiger partial charge in [-0.05, 0) is 172 Å². The van der Waals surface area contributed by atoms with Crippen molar-refractivity contribution in [3.05, 3.63) is 79.8 Å². The molecule has 5 N–H and O–H groups in total. The summed E-state index contributed by atoms with van der Waals surface area (Å²) in [5, 5.41) is 38.5. The van der Waals surface area contributed by atoms with Crippen LogP contribution in [0.4, 0.5) is 3.41 Å².